The highest BCUT2D eigenvalue weighted by Gasteiger charge is 2.30. The zero-order valence-electron chi connectivity index (χ0n) is 16.6. The van der Waals surface area contributed by atoms with E-state index in [2.05, 4.69) is 17.2 Å². The van der Waals surface area contributed by atoms with Crippen molar-refractivity contribution in [2.24, 2.45) is 5.92 Å². The number of aromatic nitrogens is 1. The Hall–Kier alpha value is -2.25. The van der Waals surface area contributed by atoms with Crippen LogP contribution in [-0.2, 0) is 16.6 Å². The van der Waals surface area contributed by atoms with Gasteiger partial charge in [0.15, 0.2) is 0 Å². The monoisotopic (exact) mass is 401 g/mol. The number of rotatable bonds is 5. The van der Waals surface area contributed by atoms with E-state index in [0.717, 1.165) is 24.1 Å². The van der Waals surface area contributed by atoms with E-state index < -0.39 is 10.0 Å². The van der Waals surface area contributed by atoms with E-state index in [9.17, 15) is 13.2 Å². The number of carbonyl (C=O) groups excluding carboxylic acids is 1. The fourth-order valence-corrected chi connectivity index (χ4v) is 5.16. The third-order valence-corrected chi connectivity index (χ3v) is 7.42. The quantitative estimate of drug-likeness (QED) is 0.835. The van der Waals surface area contributed by atoms with Crippen LogP contribution >= 0.6 is 0 Å². The Balaban J connectivity index is 1.84. The number of amides is 1. The van der Waals surface area contributed by atoms with Crippen molar-refractivity contribution in [3.8, 4) is 0 Å². The fraction of sp³-hybridized carbons (Fsp3) is 0.429. The first-order chi connectivity index (χ1) is 13.3. The van der Waals surface area contributed by atoms with Gasteiger partial charge in [-0.1, -0.05) is 13.0 Å². The minimum absolute atomic E-state index is 0.227. The Kier molecular flexibility index (Phi) is 6.15. The second-order valence-electron chi connectivity index (χ2n) is 7.51. The van der Waals surface area contributed by atoms with Gasteiger partial charge in [0, 0.05) is 24.8 Å². The van der Waals surface area contributed by atoms with E-state index >= 15 is 0 Å². The van der Waals surface area contributed by atoms with Gasteiger partial charge in [-0.3, -0.25) is 9.78 Å². The largest absolute Gasteiger partial charge is 0.346 e. The molecule has 7 heteroatoms. The first kappa shape index (κ1) is 20.5. The molecule has 2 aromatic rings. The molecule has 0 radical (unpaired) electrons. The van der Waals surface area contributed by atoms with Crippen molar-refractivity contribution in [3.63, 3.8) is 0 Å². The van der Waals surface area contributed by atoms with Crippen molar-refractivity contribution in [1.82, 2.24) is 14.6 Å². The second-order valence-corrected chi connectivity index (χ2v) is 9.41. The maximum absolute atomic E-state index is 13.2. The summed E-state index contributed by atoms with van der Waals surface area (Å²) in [6.07, 6.45) is 3.39. The SMILES string of the molecule is Cc1cc(C(=O)NCc2ccccn2)cc(S(=O)(=O)N2CCC(C)CC2)c1C. The highest BCUT2D eigenvalue weighted by Crippen LogP contribution is 2.28. The summed E-state index contributed by atoms with van der Waals surface area (Å²) in [5.74, 6) is 0.232. The molecule has 0 atom stereocenters. The highest BCUT2D eigenvalue weighted by molar-refractivity contribution is 7.89. The minimum Gasteiger partial charge on any atom is -0.346 e. The predicted molar refractivity (Wildman–Crippen MR) is 108 cm³/mol. The average molecular weight is 402 g/mol. The second kappa shape index (κ2) is 8.41. The Morgan fingerprint density at radius 2 is 1.93 bits per heavy atom. The summed E-state index contributed by atoms with van der Waals surface area (Å²) < 4.78 is 28.0. The molecule has 3 rings (SSSR count). The number of nitrogens with one attached hydrogen (secondary N) is 1. The van der Waals surface area contributed by atoms with Gasteiger partial charge in [0.2, 0.25) is 10.0 Å². The topological polar surface area (TPSA) is 79.4 Å². The summed E-state index contributed by atoms with van der Waals surface area (Å²) in [4.78, 5) is 17.0. The predicted octanol–water partition coefficient (Wildman–Crippen LogP) is 3.05. The van der Waals surface area contributed by atoms with Gasteiger partial charge < -0.3 is 5.32 Å². The molecule has 1 N–H and O–H groups in total. The van der Waals surface area contributed by atoms with Crippen molar-refractivity contribution >= 4 is 15.9 Å². The number of hydrogen-bond acceptors (Lipinski definition) is 4. The molecule has 1 amide bonds. The Morgan fingerprint density at radius 3 is 2.57 bits per heavy atom. The minimum atomic E-state index is -3.62. The summed E-state index contributed by atoms with van der Waals surface area (Å²) >= 11 is 0. The van der Waals surface area contributed by atoms with Crippen LogP contribution in [0.25, 0.3) is 0 Å². The van der Waals surface area contributed by atoms with Crippen LogP contribution in [0.1, 0.15) is 46.9 Å². The van der Waals surface area contributed by atoms with Gasteiger partial charge in [0.25, 0.3) is 5.91 Å². The van der Waals surface area contributed by atoms with E-state index in [1.165, 1.54) is 6.07 Å². The van der Waals surface area contributed by atoms with Crippen LogP contribution in [0.3, 0.4) is 0 Å². The zero-order valence-corrected chi connectivity index (χ0v) is 17.4. The van der Waals surface area contributed by atoms with Gasteiger partial charge >= 0.3 is 0 Å². The van der Waals surface area contributed by atoms with Crippen molar-refractivity contribution in [3.05, 3.63) is 58.9 Å². The first-order valence-corrected chi connectivity index (χ1v) is 11.0. The van der Waals surface area contributed by atoms with Crippen LogP contribution in [0.5, 0.6) is 0 Å². The number of aryl methyl sites for hydroxylation is 1. The number of hydrogen-bond donors (Lipinski definition) is 1. The van der Waals surface area contributed by atoms with Crippen LogP contribution in [-0.4, -0.2) is 36.7 Å². The number of piperidine rings is 1. The fourth-order valence-electron chi connectivity index (χ4n) is 3.37. The molecule has 6 nitrogen and oxygen atoms in total. The van der Waals surface area contributed by atoms with Crippen LogP contribution in [0, 0.1) is 19.8 Å². The lowest BCUT2D eigenvalue weighted by molar-refractivity contribution is 0.0950. The lowest BCUT2D eigenvalue weighted by Crippen LogP contribution is -2.38. The molecule has 1 fully saturated rings. The summed E-state index contributed by atoms with van der Waals surface area (Å²) in [6.45, 7) is 7.12. The maximum atomic E-state index is 13.2. The van der Waals surface area contributed by atoms with E-state index in [4.69, 9.17) is 0 Å². The van der Waals surface area contributed by atoms with Crippen molar-refractivity contribution in [2.75, 3.05) is 13.1 Å². The van der Waals surface area contributed by atoms with Crippen molar-refractivity contribution in [1.29, 1.82) is 0 Å². The van der Waals surface area contributed by atoms with E-state index in [1.54, 1.807) is 23.5 Å². The van der Waals surface area contributed by atoms with Crippen molar-refractivity contribution in [2.45, 2.75) is 45.1 Å². The Labute approximate surface area is 167 Å². The van der Waals surface area contributed by atoms with E-state index in [0.29, 0.717) is 36.7 Å². The van der Waals surface area contributed by atoms with Crippen LogP contribution in [0.15, 0.2) is 41.4 Å². The van der Waals surface area contributed by atoms with Gasteiger partial charge in [0.05, 0.1) is 17.1 Å². The molecule has 0 saturated carbocycles. The molecule has 1 aliphatic rings. The van der Waals surface area contributed by atoms with Crippen LogP contribution in [0.4, 0.5) is 0 Å². The summed E-state index contributed by atoms with van der Waals surface area (Å²) in [7, 11) is -3.62. The molecule has 0 unspecified atom stereocenters. The van der Waals surface area contributed by atoms with E-state index in [1.807, 2.05) is 25.1 Å². The Bertz CT molecular complexity index is 950. The van der Waals surface area contributed by atoms with Gasteiger partial charge in [0.1, 0.15) is 0 Å². The number of benzene rings is 1. The molecule has 1 aromatic heterocycles. The standard InChI is InChI=1S/C21H27N3O3S/c1-15-7-10-24(11-8-15)28(26,27)20-13-18(12-16(2)17(20)3)21(25)23-14-19-6-4-5-9-22-19/h4-6,9,12-13,15H,7-8,10-11,14H2,1-3H3,(H,23,25). The molecular weight excluding hydrogens is 374 g/mol. The molecule has 28 heavy (non-hydrogen) atoms. The third-order valence-electron chi connectivity index (χ3n) is 5.40. The average Bonchev–Trinajstić information content (AvgIpc) is 2.69. The summed E-state index contributed by atoms with van der Waals surface area (Å²) in [6, 6.07) is 8.74. The van der Waals surface area contributed by atoms with Gasteiger partial charge in [-0.15, -0.1) is 0 Å². The van der Waals surface area contributed by atoms with Gasteiger partial charge in [-0.25, -0.2) is 8.42 Å². The lowest BCUT2D eigenvalue weighted by Gasteiger charge is -2.30. The summed E-state index contributed by atoms with van der Waals surface area (Å²) in [5.41, 5.74) is 2.58. The van der Waals surface area contributed by atoms with Gasteiger partial charge in [-0.2, -0.15) is 4.31 Å². The molecule has 0 spiro atoms. The molecule has 0 bridgehead atoms. The molecule has 1 saturated heterocycles. The molecule has 0 aliphatic carbocycles. The zero-order chi connectivity index (χ0) is 20.3. The van der Waals surface area contributed by atoms with Gasteiger partial charge in [-0.05, 0) is 68.0 Å². The maximum Gasteiger partial charge on any atom is 0.251 e. The Morgan fingerprint density at radius 1 is 1.21 bits per heavy atom. The van der Waals surface area contributed by atoms with Crippen molar-refractivity contribution < 1.29 is 13.2 Å². The molecule has 1 aliphatic heterocycles. The number of sulfonamides is 1. The first-order valence-electron chi connectivity index (χ1n) is 9.58. The third kappa shape index (κ3) is 4.42. The summed E-state index contributed by atoms with van der Waals surface area (Å²) in [5, 5.41) is 2.82. The van der Waals surface area contributed by atoms with E-state index in [-0.39, 0.29) is 10.8 Å². The molecule has 150 valence electrons. The van der Waals surface area contributed by atoms with Crippen LogP contribution in [0.2, 0.25) is 0 Å². The van der Waals surface area contributed by atoms with Crippen LogP contribution < -0.4 is 5.32 Å². The highest BCUT2D eigenvalue weighted by atomic mass is 32.2. The smallest absolute Gasteiger partial charge is 0.251 e. The number of carbonyl (C=O) groups is 1. The molecule has 1 aromatic carbocycles. The lowest BCUT2D eigenvalue weighted by atomic mass is 10.0. The normalized spacial score (nSPS) is 16.1. The molecular formula is C21H27N3O3S. The molecule has 2 heterocycles. The number of pyridine rings is 1. The number of nitrogens with zero attached hydrogens (tertiary/aromatic N) is 2.